The summed E-state index contributed by atoms with van der Waals surface area (Å²) in [5, 5.41) is 12.1. The highest BCUT2D eigenvalue weighted by Crippen LogP contribution is 2.31. The Morgan fingerprint density at radius 1 is 1.42 bits per heavy atom. The van der Waals surface area contributed by atoms with Gasteiger partial charge in [-0.1, -0.05) is 0 Å². The van der Waals surface area contributed by atoms with Gasteiger partial charge in [-0.25, -0.2) is 4.79 Å². The average molecular weight is 345 g/mol. The number of aliphatic hydroxyl groups excluding tert-OH is 1. The first-order chi connectivity index (χ1) is 11.1. The van der Waals surface area contributed by atoms with Crippen LogP contribution in [0.4, 0.5) is 29.3 Å². The van der Waals surface area contributed by atoms with E-state index in [2.05, 4.69) is 5.32 Å². The molecule has 0 aliphatic carbocycles. The summed E-state index contributed by atoms with van der Waals surface area (Å²) in [6, 6.07) is 3.42. The van der Waals surface area contributed by atoms with Gasteiger partial charge in [0, 0.05) is 32.0 Å². The van der Waals surface area contributed by atoms with E-state index in [0.717, 1.165) is 16.2 Å². The molecule has 24 heavy (non-hydrogen) atoms. The Labute approximate surface area is 139 Å². The number of aliphatic hydroxyl groups is 1. The lowest BCUT2D eigenvalue weighted by Crippen LogP contribution is -2.50. The van der Waals surface area contributed by atoms with Crippen molar-refractivity contribution in [3.63, 3.8) is 0 Å². The Bertz CT molecular complexity index is 605. The van der Waals surface area contributed by atoms with Crippen LogP contribution in [0.25, 0.3) is 0 Å². The molecule has 1 aromatic rings. The molecule has 0 spiro atoms. The van der Waals surface area contributed by atoms with Gasteiger partial charge in [-0.2, -0.15) is 13.2 Å². The van der Waals surface area contributed by atoms with Gasteiger partial charge in [-0.3, -0.25) is 0 Å². The normalized spacial score (nSPS) is 19.3. The lowest BCUT2D eigenvalue weighted by Gasteiger charge is -2.30. The minimum atomic E-state index is -4.74. The number of carbonyl (C=O) groups is 1. The number of nitrogens with one attached hydrogen (secondary N) is 1. The number of alkyl halides is 3. The number of urea groups is 1. The molecule has 1 heterocycles. The van der Waals surface area contributed by atoms with Crippen molar-refractivity contribution in [3.05, 3.63) is 23.8 Å². The van der Waals surface area contributed by atoms with Gasteiger partial charge in [0.2, 0.25) is 0 Å². The number of rotatable bonds is 3. The van der Waals surface area contributed by atoms with Crippen molar-refractivity contribution in [1.29, 1.82) is 0 Å². The molecule has 0 radical (unpaired) electrons. The second-order valence-corrected chi connectivity index (χ2v) is 6.22. The van der Waals surface area contributed by atoms with Crippen LogP contribution in [0.2, 0.25) is 0 Å². The Balaban J connectivity index is 2.10. The first kappa shape index (κ1) is 18.4. The number of hydrogen-bond donors (Lipinski definition) is 2. The predicted octanol–water partition coefficient (Wildman–Crippen LogP) is 2.98. The molecule has 0 unspecified atom stereocenters. The van der Waals surface area contributed by atoms with Crippen LogP contribution in [0.1, 0.15) is 18.4 Å². The third-order valence-electron chi connectivity index (χ3n) is 4.19. The van der Waals surface area contributed by atoms with Crippen LogP contribution in [0.3, 0.4) is 0 Å². The Morgan fingerprint density at radius 2 is 2.08 bits per heavy atom. The van der Waals surface area contributed by atoms with Crippen LogP contribution in [0.15, 0.2) is 18.2 Å². The molecular formula is C16H22F3N3O2. The SMILES string of the molecule is Cc1cc(NC(=O)N2CCC[C@@H]2[C@@H](O)C(F)(F)F)ccc1N(C)C. The van der Waals surface area contributed by atoms with Crippen molar-refractivity contribution in [3.8, 4) is 0 Å². The molecular weight excluding hydrogens is 323 g/mol. The van der Waals surface area contributed by atoms with E-state index in [-0.39, 0.29) is 13.0 Å². The lowest BCUT2D eigenvalue weighted by atomic mass is 10.1. The van der Waals surface area contributed by atoms with E-state index < -0.39 is 24.4 Å². The fraction of sp³-hybridized carbons (Fsp3) is 0.562. The lowest BCUT2D eigenvalue weighted by molar-refractivity contribution is -0.216. The van der Waals surface area contributed by atoms with Gasteiger partial charge in [0.1, 0.15) is 0 Å². The minimum Gasteiger partial charge on any atom is -0.382 e. The molecule has 2 amide bonds. The fourth-order valence-corrected chi connectivity index (χ4v) is 3.02. The number of halogens is 3. The molecule has 134 valence electrons. The summed E-state index contributed by atoms with van der Waals surface area (Å²) in [5.74, 6) is 0. The quantitative estimate of drug-likeness (QED) is 0.886. The fourth-order valence-electron chi connectivity index (χ4n) is 3.02. The molecule has 0 saturated carbocycles. The summed E-state index contributed by atoms with van der Waals surface area (Å²) >= 11 is 0. The Morgan fingerprint density at radius 3 is 2.62 bits per heavy atom. The van der Waals surface area contributed by atoms with Crippen molar-refractivity contribution >= 4 is 17.4 Å². The molecule has 1 saturated heterocycles. The summed E-state index contributed by atoms with van der Waals surface area (Å²) in [6.07, 6.45) is -6.70. The van der Waals surface area contributed by atoms with Crippen LogP contribution in [0, 0.1) is 6.92 Å². The van der Waals surface area contributed by atoms with Crippen LogP contribution >= 0.6 is 0 Å². The predicted molar refractivity (Wildman–Crippen MR) is 86.3 cm³/mol. The van der Waals surface area contributed by atoms with Gasteiger partial charge >= 0.3 is 12.2 Å². The maximum absolute atomic E-state index is 12.7. The van der Waals surface area contributed by atoms with Crippen LogP contribution in [-0.4, -0.2) is 55.0 Å². The number of nitrogens with zero attached hydrogens (tertiary/aromatic N) is 2. The summed E-state index contributed by atoms with van der Waals surface area (Å²) in [6.45, 7) is 2.08. The molecule has 2 N–H and O–H groups in total. The standard InChI is InChI=1S/C16H22F3N3O2/c1-10-9-11(6-7-12(10)21(2)3)20-15(24)22-8-4-5-13(22)14(23)16(17,18)19/h6-7,9,13-14,23H,4-5,8H2,1-3H3,(H,20,24)/t13-,14-/m1/s1. The average Bonchev–Trinajstić information content (AvgIpc) is 2.94. The van der Waals surface area contributed by atoms with Gasteiger partial charge in [0.15, 0.2) is 6.10 Å². The van der Waals surface area contributed by atoms with E-state index in [0.29, 0.717) is 12.1 Å². The van der Waals surface area contributed by atoms with Gasteiger partial charge in [0.05, 0.1) is 6.04 Å². The summed E-state index contributed by atoms with van der Waals surface area (Å²) in [7, 11) is 3.79. The van der Waals surface area contributed by atoms with Crippen LogP contribution in [0.5, 0.6) is 0 Å². The van der Waals surface area contributed by atoms with Gasteiger partial charge in [-0.05, 0) is 43.5 Å². The summed E-state index contributed by atoms with van der Waals surface area (Å²) in [4.78, 5) is 15.3. The monoisotopic (exact) mass is 345 g/mol. The number of anilines is 2. The first-order valence-corrected chi connectivity index (χ1v) is 7.71. The maximum atomic E-state index is 12.7. The zero-order valence-electron chi connectivity index (χ0n) is 13.9. The Kier molecular flexibility index (Phi) is 5.27. The van der Waals surface area contributed by atoms with Crippen LogP contribution < -0.4 is 10.2 Å². The van der Waals surface area contributed by atoms with Gasteiger partial charge < -0.3 is 20.2 Å². The van der Waals surface area contributed by atoms with E-state index in [9.17, 15) is 23.1 Å². The van der Waals surface area contributed by atoms with Crippen molar-refractivity contribution < 1.29 is 23.1 Å². The first-order valence-electron chi connectivity index (χ1n) is 7.71. The third-order valence-corrected chi connectivity index (χ3v) is 4.19. The number of benzene rings is 1. The van der Waals surface area contributed by atoms with E-state index >= 15 is 0 Å². The second-order valence-electron chi connectivity index (χ2n) is 6.22. The maximum Gasteiger partial charge on any atom is 0.416 e. The molecule has 0 bridgehead atoms. The van der Waals surface area contributed by atoms with Crippen molar-refractivity contribution in [1.82, 2.24) is 4.90 Å². The molecule has 8 heteroatoms. The van der Waals surface area contributed by atoms with E-state index in [1.807, 2.05) is 32.0 Å². The zero-order chi connectivity index (χ0) is 18.1. The molecule has 1 aliphatic rings. The third kappa shape index (κ3) is 3.92. The number of carbonyl (C=O) groups excluding carboxylic acids is 1. The number of hydrogen-bond acceptors (Lipinski definition) is 3. The number of likely N-dealkylation sites (tertiary alicyclic amines) is 1. The molecule has 2 rings (SSSR count). The van der Waals surface area contributed by atoms with E-state index in [1.165, 1.54) is 0 Å². The van der Waals surface area contributed by atoms with Crippen molar-refractivity contribution in [2.75, 3.05) is 30.9 Å². The molecule has 2 atom stereocenters. The molecule has 1 aromatic carbocycles. The second kappa shape index (κ2) is 6.88. The van der Waals surface area contributed by atoms with E-state index in [1.54, 1.807) is 12.1 Å². The molecule has 0 aromatic heterocycles. The van der Waals surface area contributed by atoms with Crippen molar-refractivity contribution in [2.24, 2.45) is 0 Å². The molecule has 1 aliphatic heterocycles. The smallest absolute Gasteiger partial charge is 0.382 e. The van der Waals surface area contributed by atoms with Gasteiger partial charge in [0.25, 0.3) is 0 Å². The molecule has 5 nitrogen and oxygen atoms in total. The zero-order valence-corrected chi connectivity index (χ0v) is 13.9. The number of amides is 2. The highest BCUT2D eigenvalue weighted by molar-refractivity contribution is 5.90. The minimum absolute atomic E-state index is 0.132. The summed E-state index contributed by atoms with van der Waals surface area (Å²) in [5.41, 5.74) is 2.43. The Hall–Kier alpha value is -1.96. The van der Waals surface area contributed by atoms with Gasteiger partial charge in [-0.15, -0.1) is 0 Å². The summed E-state index contributed by atoms with van der Waals surface area (Å²) < 4.78 is 38.2. The topological polar surface area (TPSA) is 55.8 Å². The number of aryl methyl sites for hydroxylation is 1. The highest BCUT2D eigenvalue weighted by atomic mass is 19.4. The van der Waals surface area contributed by atoms with Crippen LogP contribution in [-0.2, 0) is 0 Å². The molecule has 1 fully saturated rings. The van der Waals surface area contributed by atoms with E-state index in [4.69, 9.17) is 0 Å². The largest absolute Gasteiger partial charge is 0.416 e. The highest BCUT2D eigenvalue weighted by Gasteiger charge is 2.48. The van der Waals surface area contributed by atoms with Crippen molar-refractivity contribution in [2.45, 2.75) is 38.1 Å².